The third-order valence-corrected chi connectivity index (χ3v) is 5.47. The summed E-state index contributed by atoms with van der Waals surface area (Å²) >= 11 is 0. The van der Waals surface area contributed by atoms with Crippen LogP contribution in [0.2, 0.25) is 0 Å². The number of fused-ring (bicyclic) bond motifs is 1. The number of aromatic nitrogens is 3. The van der Waals surface area contributed by atoms with E-state index >= 15 is 0 Å². The number of hydrogen-bond donors (Lipinski definition) is 1. The lowest BCUT2D eigenvalue weighted by molar-refractivity contribution is -0.141. The summed E-state index contributed by atoms with van der Waals surface area (Å²) in [6.07, 6.45) is -1.28. The fourth-order valence-electron chi connectivity index (χ4n) is 3.85. The fraction of sp³-hybridized carbons (Fsp3) is 0.304. The maximum Gasteiger partial charge on any atom is 0.433 e. The maximum atomic E-state index is 13.0. The van der Waals surface area contributed by atoms with Gasteiger partial charge in [-0.05, 0) is 61.2 Å². The second-order valence-electron chi connectivity index (χ2n) is 7.66. The number of halogens is 3. The third-order valence-electron chi connectivity index (χ3n) is 5.47. The zero-order valence-corrected chi connectivity index (χ0v) is 17.3. The van der Waals surface area contributed by atoms with Gasteiger partial charge in [-0.25, -0.2) is 0 Å². The summed E-state index contributed by atoms with van der Waals surface area (Å²) in [4.78, 5) is 16.3. The molecule has 164 valence electrons. The van der Waals surface area contributed by atoms with Crippen LogP contribution < -0.4 is 5.32 Å². The van der Waals surface area contributed by atoms with Crippen LogP contribution in [0.15, 0.2) is 42.6 Å². The van der Waals surface area contributed by atoms with Crippen LogP contribution in [-0.4, -0.2) is 20.7 Å². The normalized spacial score (nSPS) is 15.7. The number of aryl methyl sites for hydroxylation is 2. The van der Waals surface area contributed by atoms with Crippen molar-refractivity contribution in [2.24, 2.45) is 0 Å². The van der Waals surface area contributed by atoms with E-state index in [-0.39, 0.29) is 11.9 Å². The maximum absolute atomic E-state index is 13.0. The van der Waals surface area contributed by atoms with Crippen molar-refractivity contribution in [3.63, 3.8) is 0 Å². The van der Waals surface area contributed by atoms with Gasteiger partial charge < -0.3 is 5.32 Å². The van der Waals surface area contributed by atoms with E-state index in [1.807, 2.05) is 6.92 Å². The molecule has 1 N–H and O–H groups in total. The average molecular weight is 439 g/mol. The van der Waals surface area contributed by atoms with Gasteiger partial charge in [0.2, 0.25) is 0 Å². The second-order valence-corrected chi connectivity index (χ2v) is 7.66. The number of carbonyl (C=O) groups excluding carboxylic acids is 1. The Morgan fingerprint density at radius 3 is 2.81 bits per heavy atom. The molecule has 0 fully saturated rings. The lowest BCUT2D eigenvalue weighted by Gasteiger charge is -2.24. The molecule has 1 aromatic carbocycles. The van der Waals surface area contributed by atoms with Crippen molar-refractivity contribution < 1.29 is 18.0 Å². The third kappa shape index (κ3) is 4.35. The van der Waals surface area contributed by atoms with Crippen molar-refractivity contribution >= 4 is 5.91 Å². The predicted molar refractivity (Wildman–Crippen MR) is 110 cm³/mol. The molecule has 6 nitrogen and oxygen atoms in total. The standard InChI is InChI=1S/C23H20F3N5O/c1-2-14-8-15(13-27)10-17(9-14)22(32)29-18-4-3-7-31-20(18)12-19(30-31)16-5-6-28-21(11-16)23(24,25)26/h5-6,8-12,18H,2-4,7H2,1H3,(H,29,32). The first-order valence-electron chi connectivity index (χ1n) is 10.2. The highest BCUT2D eigenvalue weighted by Crippen LogP contribution is 2.33. The number of pyridine rings is 1. The van der Waals surface area contributed by atoms with E-state index in [2.05, 4.69) is 21.5 Å². The molecule has 1 aliphatic heterocycles. The van der Waals surface area contributed by atoms with Gasteiger partial charge >= 0.3 is 6.18 Å². The van der Waals surface area contributed by atoms with E-state index in [4.69, 9.17) is 0 Å². The number of nitriles is 1. The van der Waals surface area contributed by atoms with E-state index in [0.29, 0.717) is 41.8 Å². The smallest absolute Gasteiger partial charge is 0.344 e. The topological polar surface area (TPSA) is 83.6 Å². The Balaban J connectivity index is 1.61. The van der Waals surface area contributed by atoms with Crippen LogP contribution in [0.5, 0.6) is 0 Å². The summed E-state index contributed by atoms with van der Waals surface area (Å²) in [5.41, 5.74) is 2.18. The van der Waals surface area contributed by atoms with Gasteiger partial charge in [0.1, 0.15) is 5.69 Å². The zero-order chi connectivity index (χ0) is 22.9. The molecule has 3 aromatic rings. The minimum atomic E-state index is -4.54. The Morgan fingerprint density at radius 2 is 2.09 bits per heavy atom. The molecule has 1 unspecified atom stereocenters. The van der Waals surface area contributed by atoms with Crippen LogP contribution >= 0.6 is 0 Å². The molecule has 3 heterocycles. The summed E-state index contributed by atoms with van der Waals surface area (Å²) in [5, 5.41) is 16.7. The number of amides is 1. The highest BCUT2D eigenvalue weighted by atomic mass is 19.4. The first kappa shape index (κ1) is 21.6. The molecule has 0 saturated carbocycles. The molecule has 0 aliphatic carbocycles. The summed E-state index contributed by atoms with van der Waals surface area (Å²) in [7, 11) is 0. The zero-order valence-electron chi connectivity index (χ0n) is 17.3. The Hall–Kier alpha value is -3.67. The van der Waals surface area contributed by atoms with Gasteiger partial charge in [0, 0.05) is 23.9 Å². The molecular formula is C23H20F3N5O. The number of benzene rings is 1. The molecule has 0 bridgehead atoms. The van der Waals surface area contributed by atoms with Crippen LogP contribution in [0.1, 0.15) is 58.7 Å². The molecule has 1 aliphatic rings. The van der Waals surface area contributed by atoms with Crippen LogP contribution in [0.3, 0.4) is 0 Å². The molecule has 9 heteroatoms. The van der Waals surface area contributed by atoms with Gasteiger partial charge in [0.05, 0.1) is 29.1 Å². The predicted octanol–water partition coefficient (Wildman–Crippen LogP) is 4.66. The Bertz CT molecular complexity index is 1210. The quantitative estimate of drug-likeness (QED) is 0.641. The SMILES string of the molecule is CCc1cc(C#N)cc(C(=O)NC2CCCn3nc(-c4ccnc(C(F)(F)F)c4)cc32)c1. The molecule has 1 atom stereocenters. The van der Waals surface area contributed by atoms with E-state index in [0.717, 1.165) is 29.9 Å². The van der Waals surface area contributed by atoms with Crippen molar-refractivity contribution in [2.45, 2.75) is 44.9 Å². The lowest BCUT2D eigenvalue weighted by atomic mass is 10.0. The van der Waals surface area contributed by atoms with Gasteiger partial charge in [-0.3, -0.25) is 14.5 Å². The molecule has 32 heavy (non-hydrogen) atoms. The summed E-state index contributed by atoms with van der Waals surface area (Å²) in [6, 6.07) is 11.0. The molecule has 2 aromatic heterocycles. The van der Waals surface area contributed by atoms with Crippen molar-refractivity contribution in [1.29, 1.82) is 5.26 Å². The van der Waals surface area contributed by atoms with E-state index in [9.17, 15) is 23.2 Å². The second kappa shape index (κ2) is 8.46. The minimum absolute atomic E-state index is 0.304. The van der Waals surface area contributed by atoms with Crippen LogP contribution in [0.25, 0.3) is 11.3 Å². The number of rotatable bonds is 4. The van der Waals surface area contributed by atoms with Crippen molar-refractivity contribution in [2.75, 3.05) is 0 Å². The molecule has 0 radical (unpaired) electrons. The van der Waals surface area contributed by atoms with Crippen LogP contribution in [0.4, 0.5) is 13.2 Å². The molecule has 4 rings (SSSR count). The summed E-state index contributed by atoms with van der Waals surface area (Å²) < 4.78 is 40.8. The van der Waals surface area contributed by atoms with Crippen molar-refractivity contribution in [3.05, 3.63) is 70.7 Å². The number of alkyl halides is 3. The number of hydrogen-bond acceptors (Lipinski definition) is 4. The van der Waals surface area contributed by atoms with Crippen LogP contribution in [-0.2, 0) is 19.1 Å². The summed E-state index contributed by atoms with van der Waals surface area (Å²) in [5.74, 6) is -0.304. The lowest BCUT2D eigenvalue weighted by Crippen LogP contribution is -2.32. The Labute approximate surface area is 182 Å². The van der Waals surface area contributed by atoms with Crippen molar-refractivity contribution in [3.8, 4) is 17.3 Å². The van der Waals surface area contributed by atoms with Gasteiger partial charge in [-0.1, -0.05) is 6.92 Å². The first-order chi connectivity index (χ1) is 15.3. The molecule has 0 saturated heterocycles. The minimum Gasteiger partial charge on any atom is -0.344 e. The van der Waals surface area contributed by atoms with E-state index in [1.165, 1.54) is 6.07 Å². The monoisotopic (exact) mass is 439 g/mol. The fourth-order valence-corrected chi connectivity index (χ4v) is 3.85. The Morgan fingerprint density at radius 1 is 1.28 bits per heavy atom. The molecule has 1 amide bonds. The highest BCUT2D eigenvalue weighted by Gasteiger charge is 2.33. The van der Waals surface area contributed by atoms with Gasteiger partial charge in [0.15, 0.2) is 0 Å². The Kier molecular flexibility index (Phi) is 5.70. The van der Waals surface area contributed by atoms with Gasteiger partial charge in [-0.2, -0.15) is 23.5 Å². The largest absolute Gasteiger partial charge is 0.433 e. The molecular weight excluding hydrogens is 419 g/mol. The highest BCUT2D eigenvalue weighted by molar-refractivity contribution is 5.95. The summed E-state index contributed by atoms with van der Waals surface area (Å²) in [6.45, 7) is 2.56. The average Bonchev–Trinajstić information content (AvgIpc) is 3.23. The van der Waals surface area contributed by atoms with Crippen LogP contribution in [0, 0.1) is 11.3 Å². The van der Waals surface area contributed by atoms with Gasteiger partial charge in [-0.15, -0.1) is 0 Å². The van der Waals surface area contributed by atoms with E-state index in [1.54, 1.807) is 28.9 Å². The van der Waals surface area contributed by atoms with E-state index < -0.39 is 11.9 Å². The number of nitrogens with zero attached hydrogens (tertiary/aromatic N) is 4. The van der Waals surface area contributed by atoms with Gasteiger partial charge in [0.25, 0.3) is 5.91 Å². The first-order valence-corrected chi connectivity index (χ1v) is 10.2. The number of carbonyl (C=O) groups is 1. The number of nitrogens with one attached hydrogen (secondary N) is 1. The van der Waals surface area contributed by atoms with Crippen molar-refractivity contribution in [1.82, 2.24) is 20.1 Å². The molecule has 0 spiro atoms.